The molecule has 3 rings (SSSR count). The van der Waals surface area contributed by atoms with E-state index in [0.29, 0.717) is 29.2 Å². The third-order valence-electron chi connectivity index (χ3n) is 3.72. The zero-order valence-electron chi connectivity index (χ0n) is 14.7. The molecule has 3 aromatic rings. The predicted molar refractivity (Wildman–Crippen MR) is 100 cm³/mol. The summed E-state index contributed by atoms with van der Waals surface area (Å²) in [5.74, 6) is -1.77. The lowest BCUT2D eigenvalue weighted by molar-refractivity contribution is 0.102. The number of nitrogens with one attached hydrogen (secondary N) is 2. The Kier molecular flexibility index (Phi) is 5.70. The number of halogens is 2. The van der Waals surface area contributed by atoms with Gasteiger partial charge in [0.05, 0.1) is 23.1 Å². The molecule has 0 unspecified atom stereocenters. The Labute approximate surface area is 158 Å². The van der Waals surface area contributed by atoms with Crippen molar-refractivity contribution in [2.45, 2.75) is 20.3 Å². The van der Waals surface area contributed by atoms with Crippen molar-refractivity contribution in [2.75, 3.05) is 17.2 Å². The van der Waals surface area contributed by atoms with Crippen LogP contribution in [0.2, 0.25) is 0 Å². The molecule has 2 heterocycles. The predicted octanol–water partition coefficient (Wildman–Crippen LogP) is 3.79. The Balaban J connectivity index is 1.82. The Bertz CT molecular complexity index is 976. The highest BCUT2D eigenvalue weighted by atomic mass is 32.1. The second-order valence-corrected chi connectivity index (χ2v) is 6.61. The molecule has 9 heteroatoms. The van der Waals surface area contributed by atoms with Crippen molar-refractivity contribution < 1.29 is 13.6 Å². The van der Waals surface area contributed by atoms with Crippen LogP contribution in [0.15, 0.2) is 30.6 Å². The molecule has 0 aliphatic heterocycles. The molecule has 1 aromatic carbocycles. The minimum absolute atomic E-state index is 0.171. The van der Waals surface area contributed by atoms with Crippen molar-refractivity contribution in [2.24, 2.45) is 0 Å². The highest BCUT2D eigenvalue weighted by Gasteiger charge is 2.20. The molecule has 6 nitrogen and oxygen atoms in total. The van der Waals surface area contributed by atoms with Gasteiger partial charge in [0.15, 0.2) is 11.6 Å². The van der Waals surface area contributed by atoms with Crippen LogP contribution in [0, 0.1) is 18.6 Å². The van der Waals surface area contributed by atoms with Crippen molar-refractivity contribution in [3.63, 3.8) is 0 Å². The summed E-state index contributed by atoms with van der Waals surface area (Å²) in [5.41, 5.74) is 1.83. The van der Waals surface area contributed by atoms with Gasteiger partial charge < -0.3 is 10.6 Å². The fourth-order valence-corrected chi connectivity index (χ4v) is 3.40. The summed E-state index contributed by atoms with van der Waals surface area (Å²) < 4.78 is 30.7. The third kappa shape index (κ3) is 4.43. The molecule has 0 bridgehead atoms. The zero-order valence-corrected chi connectivity index (χ0v) is 15.5. The topological polar surface area (TPSA) is 79.8 Å². The van der Waals surface area contributed by atoms with Gasteiger partial charge >= 0.3 is 0 Å². The highest BCUT2D eigenvalue weighted by Crippen LogP contribution is 2.23. The molecule has 1 amide bonds. The van der Waals surface area contributed by atoms with Gasteiger partial charge in [0.25, 0.3) is 5.91 Å². The van der Waals surface area contributed by atoms with E-state index in [1.54, 1.807) is 19.3 Å². The van der Waals surface area contributed by atoms with E-state index in [1.165, 1.54) is 17.6 Å². The molecular weight excluding hydrogens is 372 g/mol. The van der Waals surface area contributed by atoms with Crippen molar-refractivity contribution in [3.8, 4) is 0 Å². The van der Waals surface area contributed by atoms with Gasteiger partial charge in [-0.05, 0) is 37.5 Å². The highest BCUT2D eigenvalue weighted by molar-refractivity contribution is 7.06. The molecule has 140 valence electrons. The average molecular weight is 389 g/mol. The number of nitrogens with zero attached hydrogens (tertiary/aromatic N) is 3. The minimum Gasteiger partial charge on any atom is -0.369 e. The van der Waals surface area contributed by atoms with Gasteiger partial charge in [0.1, 0.15) is 5.82 Å². The van der Waals surface area contributed by atoms with Crippen LogP contribution in [-0.4, -0.2) is 26.8 Å². The summed E-state index contributed by atoms with van der Waals surface area (Å²) in [6, 6.07) is 3.20. The number of benzene rings is 1. The van der Waals surface area contributed by atoms with Crippen LogP contribution in [0.25, 0.3) is 0 Å². The van der Waals surface area contributed by atoms with Crippen LogP contribution in [0.5, 0.6) is 0 Å². The second-order valence-electron chi connectivity index (χ2n) is 5.75. The van der Waals surface area contributed by atoms with Crippen molar-refractivity contribution >= 4 is 28.9 Å². The zero-order chi connectivity index (χ0) is 19.4. The first-order valence-corrected chi connectivity index (χ1v) is 9.01. The van der Waals surface area contributed by atoms with E-state index in [4.69, 9.17) is 0 Å². The number of aryl methyl sites for hydroxylation is 1. The summed E-state index contributed by atoms with van der Waals surface area (Å²) in [7, 11) is 0. The monoisotopic (exact) mass is 389 g/mol. The third-order valence-corrected chi connectivity index (χ3v) is 4.66. The molecule has 0 fully saturated rings. The number of carbonyl (C=O) groups is 1. The van der Waals surface area contributed by atoms with Crippen LogP contribution in [-0.2, 0) is 6.42 Å². The minimum atomic E-state index is -1.02. The van der Waals surface area contributed by atoms with Crippen molar-refractivity contribution in [1.82, 2.24) is 14.3 Å². The van der Waals surface area contributed by atoms with Crippen LogP contribution in [0.1, 0.15) is 33.5 Å². The van der Waals surface area contributed by atoms with E-state index in [0.717, 1.165) is 23.6 Å². The van der Waals surface area contributed by atoms with Crippen LogP contribution >= 0.6 is 11.5 Å². The van der Waals surface area contributed by atoms with Crippen LogP contribution < -0.4 is 10.6 Å². The van der Waals surface area contributed by atoms with Gasteiger partial charge in [-0.1, -0.05) is 0 Å². The molecule has 0 spiro atoms. The molecule has 2 N–H and O–H groups in total. The largest absolute Gasteiger partial charge is 0.369 e. The molecular formula is C18H17F2N5OS. The van der Waals surface area contributed by atoms with Gasteiger partial charge in [-0.25, -0.2) is 13.8 Å². The van der Waals surface area contributed by atoms with E-state index in [2.05, 4.69) is 25.0 Å². The molecule has 0 radical (unpaired) electrons. The van der Waals surface area contributed by atoms with E-state index in [9.17, 15) is 13.6 Å². The van der Waals surface area contributed by atoms with Gasteiger partial charge in [-0.15, -0.1) is 0 Å². The average Bonchev–Trinajstić information content (AvgIpc) is 2.99. The lowest BCUT2D eigenvalue weighted by atomic mass is 10.1. The van der Waals surface area contributed by atoms with E-state index in [-0.39, 0.29) is 5.69 Å². The fourth-order valence-electron chi connectivity index (χ4n) is 2.52. The molecule has 2 aromatic heterocycles. The van der Waals surface area contributed by atoms with Gasteiger partial charge in [0.2, 0.25) is 0 Å². The van der Waals surface area contributed by atoms with E-state index < -0.39 is 17.5 Å². The summed E-state index contributed by atoms with van der Waals surface area (Å²) >= 11 is 1.20. The SMILES string of the molecule is CCNc1cncc(Cc2snc(C)c2C(=O)Nc2ccc(F)c(F)c2)n1. The molecule has 0 saturated carbocycles. The smallest absolute Gasteiger partial charge is 0.258 e. The number of carbonyl (C=O) groups excluding carboxylic acids is 1. The maximum Gasteiger partial charge on any atom is 0.258 e. The first kappa shape index (κ1) is 18.8. The maximum absolute atomic E-state index is 13.4. The number of hydrogen-bond acceptors (Lipinski definition) is 6. The van der Waals surface area contributed by atoms with Gasteiger partial charge in [0, 0.05) is 35.8 Å². The van der Waals surface area contributed by atoms with Crippen LogP contribution in [0.3, 0.4) is 0 Å². The Hall–Kier alpha value is -2.94. The standard InChI is InChI=1S/C18H17F2N5OS/c1-3-22-16-9-21-8-12(23-16)7-15-17(10(2)25-27-15)18(26)24-11-4-5-13(19)14(20)6-11/h4-6,8-9H,3,7H2,1-2H3,(H,22,23)(H,24,26). The molecule has 27 heavy (non-hydrogen) atoms. The first-order valence-electron chi connectivity index (χ1n) is 8.24. The lowest BCUT2D eigenvalue weighted by Gasteiger charge is -2.08. The summed E-state index contributed by atoms with van der Waals surface area (Å²) in [4.78, 5) is 22.0. The van der Waals surface area contributed by atoms with E-state index >= 15 is 0 Å². The number of anilines is 2. The summed E-state index contributed by atoms with van der Waals surface area (Å²) in [6.45, 7) is 4.40. The second kappa shape index (κ2) is 8.17. The fraction of sp³-hybridized carbons (Fsp3) is 0.222. The molecule has 0 saturated heterocycles. The molecule has 0 aliphatic carbocycles. The normalized spacial score (nSPS) is 10.7. The number of aromatic nitrogens is 3. The summed E-state index contributed by atoms with van der Waals surface area (Å²) in [5, 5.41) is 5.67. The number of hydrogen-bond donors (Lipinski definition) is 2. The van der Waals surface area contributed by atoms with Crippen molar-refractivity contribution in [3.05, 3.63) is 64.1 Å². The molecule has 0 aliphatic rings. The van der Waals surface area contributed by atoms with Gasteiger partial charge in [-0.3, -0.25) is 9.78 Å². The number of amides is 1. The first-order chi connectivity index (χ1) is 13.0. The number of rotatable bonds is 6. The van der Waals surface area contributed by atoms with E-state index in [1.807, 2.05) is 6.92 Å². The molecule has 0 atom stereocenters. The maximum atomic E-state index is 13.4. The van der Waals surface area contributed by atoms with Gasteiger partial charge in [-0.2, -0.15) is 4.37 Å². The van der Waals surface area contributed by atoms with Crippen molar-refractivity contribution in [1.29, 1.82) is 0 Å². The Morgan fingerprint density at radius 1 is 1.22 bits per heavy atom. The lowest BCUT2D eigenvalue weighted by Crippen LogP contribution is -2.15. The van der Waals surface area contributed by atoms with Crippen LogP contribution in [0.4, 0.5) is 20.3 Å². The summed E-state index contributed by atoms with van der Waals surface area (Å²) in [6.07, 6.45) is 3.65. The Morgan fingerprint density at radius 3 is 2.78 bits per heavy atom. The Morgan fingerprint density at radius 2 is 2.04 bits per heavy atom. The quantitative estimate of drug-likeness (QED) is 0.670.